The smallest absolute Gasteiger partial charge is 0.306 e. The molecule has 0 aromatic carbocycles. The van der Waals surface area contributed by atoms with Gasteiger partial charge < -0.3 is 14.2 Å². The molecule has 1 atom stereocenters. The molecule has 0 aliphatic heterocycles. The van der Waals surface area contributed by atoms with E-state index >= 15 is 0 Å². The molecule has 6 heteroatoms. The Labute approximate surface area is 383 Å². The van der Waals surface area contributed by atoms with Crippen LogP contribution in [-0.4, -0.2) is 37.2 Å². The van der Waals surface area contributed by atoms with Gasteiger partial charge in [-0.1, -0.05) is 223 Å². The molecule has 0 fully saturated rings. The van der Waals surface area contributed by atoms with E-state index in [0.29, 0.717) is 19.3 Å². The van der Waals surface area contributed by atoms with Crippen LogP contribution < -0.4 is 0 Å². The van der Waals surface area contributed by atoms with Crippen molar-refractivity contribution in [3.8, 4) is 0 Å². The van der Waals surface area contributed by atoms with Gasteiger partial charge in [-0.05, 0) is 77.0 Å². The van der Waals surface area contributed by atoms with Crippen LogP contribution in [0.25, 0.3) is 0 Å². The van der Waals surface area contributed by atoms with Crippen molar-refractivity contribution in [3.05, 3.63) is 60.8 Å². The number of unbranched alkanes of at least 4 members (excludes halogenated alkanes) is 26. The van der Waals surface area contributed by atoms with Crippen molar-refractivity contribution in [3.63, 3.8) is 0 Å². The molecule has 0 bridgehead atoms. The average Bonchev–Trinajstić information content (AvgIpc) is 3.27. The predicted octanol–water partition coefficient (Wildman–Crippen LogP) is 17.3. The molecule has 0 aliphatic rings. The molecule has 0 radical (unpaired) electrons. The summed E-state index contributed by atoms with van der Waals surface area (Å²) in [5.74, 6) is -0.960. The molecule has 0 saturated heterocycles. The Bertz CT molecular complexity index is 1130. The normalized spacial score (nSPS) is 12.5. The number of esters is 3. The van der Waals surface area contributed by atoms with Gasteiger partial charge in [-0.2, -0.15) is 0 Å². The predicted molar refractivity (Wildman–Crippen MR) is 265 cm³/mol. The highest BCUT2D eigenvalue weighted by atomic mass is 16.6. The average molecular weight is 867 g/mol. The van der Waals surface area contributed by atoms with Gasteiger partial charge in [0.15, 0.2) is 6.10 Å². The highest BCUT2D eigenvalue weighted by molar-refractivity contribution is 5.71. The summed E-state index contributed by atoms with van der Waals surface area (Å²) in [6.07, 6.45) is 62.1. The summed E-state index contributed by atoms with van der Waals surface area (Å²) >= 11 is 0. The number of rotatable bonds is 47. The summed E-state index contributed by atoms with van der Waals surface area (Å²) in [5, 5.41) is 0. The van der Waals surface area contributed by atoms with Crippen LogP contribution in [0.5, 0.6) is 0 Å². The Morgan fingerprint density at radius 3 is 1.06 bits per heavy atom. The van der Waals surface area contributed by atoms with Gasteiger partial charge in [0.05, 0.1) is 0 Å². The van der Waals surface area contributed by atoms with E-state index in [1.807, 2.05) is 0 Å². The van der Waals surface area contributed by atoms with E-state index in [-0.39, 0.29) is 37.5 Å². The molecule has 0 rings (SSSR count). The minimum Gasteiger partial charge on any atom is -0.462 e. The minimum absolute atomic E-state index is 0.0956. The summed E-state index contributed by atoms with van der Waals surface area (Å²) in [5.41, 5.74) is 0. The Balaban J connectivity index is 4.41. The van der Waals surface area contributed by atoms with E-state index < -0.39 is 6.10 Å². The van der Waals surface area contributed by atoms with Crippen molar-refractivity contribution in [1.82, 2.24) is 0 Å². The number of hydrogen-bond acceptors (Lipinski definition) is 6. The number of carbonyl (C=O) groups excluding carboxylic acids is 3. The highest BCUT2D eigenvalue weighted by Crippen LogP contribution is 2.15. The molecule has 0 aromatic heterocycles. The Morgan fingerprint density at radius 1 is 0.323 bits per heavy atom. The SMILES string of the molecule is CCCC/C=C\CCCCCCC(=O)OCC(COC(=O)CCC/C=C\C/C=C\C/C=C\C/C=C\CCCCC)OC(=O)CCCCCCCCCCCCCCCCCCC. The number of carbonyl (C=O) groups is 3. The second-order valence-corrected chi connectivity index (χ2v) is 17.4. The monoisotopic (exact) mass is 867 g/mol. The lowest BCUT2D eigenvalue weighted by molar-refractivity contribution is -0.167. The van der Waals surface area contributed by atoms with E-state index in [1.54, 1.807) is 0 Å². The van der Waals surface area contributed by atoms with E-state index in [4.69, 9.17) is 14.2 Å². The molecular formula is C56H98O6. The summed E-state index contributed by atoms with van der Waals surface area (Å²) in [7, 11) is 0. The Kier molecular flexibility index (Phi) is 48.4. The van der Waals surface area contributed by atoms with Crippen LogP contribution in [-0.2, 0) is 28.6 Å². The molecule has 0 amide bonds. The summed E-state index contributed by atoms with van der Waals surface area (Å²) in [6, 6.07) is 0. The van der Waals surface area contributed by atoms with E-state index in [9.17, 15) is 14.4 Å². The van der Waals surface area contributed by atoms with Crippen LogP contribution in [0, 0.1) is 0 Å². The molecular weight excluding hydrogens is 769 g/mol. The first-order valence-corrected chi connectivity index (χ1v) is 26.3. The van der Waals surface area contributed by atoms with Gasteiger partial charge in [-0.3, -0.25) is 14.4 Å². The van der Waals surface area contributed by atoms with Crippen LogP contribution >= 0.6 is 0 Å². The van der Waals surface area contributed by atoms with Crippen molar-refractivity contribution in [1.29, 1.82) is 0 Å². The third-order valence-corrected chi connectivity index (χ3v) is 11.2. The van der Waals surface area contributed by atoms with Crippen molar-refractivity contribution >= 4 is 17.9 Å². The summed E-state index contributed by atoms with van der Waals surface area (Å²) in [6.45, 7) is 6.52. The molecule has 0 spiro atoms. The summed E-state index contributed by atoms with van der Waals surface area (Å²) in [4.78, 5) is 37.9. The van der Waals surface area contributed by atoms with Crippen LogP contribution in [0.2, 0.25) is 0 Å². The van der Waals surface area contributed by atoms with E-state index in [0.717, 1.165) is 83.5 Å². The van der Waals surface area contributed by atoms with E-state index in [2.05, 4.69) is 81.5 Å². The second-order valence-electron chi connectivity index (χ2n) is 17.4. The third kappa shape index (κ3) is 48.1. The van der Waals surface area contributed by atoms with Gasteiger partial charge in [0.2, 0.25) is 0 Å². The second kappa shape index (κ2) is 50.8. The first kappa shape index (κ1) is 59.1. The molecule has 0 heterocycles. The van der Waals surface area contributed by atoms with Gasteiger partial charge in [-0.25, -0.2) is 0 Å². The number of ether oxygens (including phenoxy) is 3. The molecule has 62 heavy (non-hydrogen) atoms. The van der Waals surface area contributed by atoms with Crippen molar-refractivity contribution < 1.29 is 28.6 Å². The first-order valence-electron chi connectivity index (χ1n) is 26.3. The van der Waals surface area contributed by atoms with Crippen molar-refractivity contribution in [2.24, 2.45) is 0 Å². The number of allylic oxidation sites excluding steroid dienone is 10. The zero-order valence-electron chi connectivity index (χ0n) is 40.9. The maximum absolute atomic E-state index is 12.8. The molecule has 358 valence electrons. The quantitative estimate of drug-likeness (QED) is 0.0262. The first-order chi connectivity index (χ1) is 30.5. The Morgan fingerprint density at radius 2 is 0.613 bits per heavy atom. The van der Waals surface area contributed by atoms with Crippen LogP contribution in [0.4, 0.5) is 0 Å². The highest BCUT2D eigenvalue weighted by Gasteiger charge is 2.19. The van der Waals surface area contributed by atoms with Crippen LogP contribution in [0.15, 0.2) is 60.8 Å². The lowest BCUT2D eigenvalue weighted by atomic mass is 10.0. The fourth-order valence-electron chi connectivity index (χ4n) is 7.24. The summed E-state index contributed by atoms with van der Waals surface area (Å²) < 4.78 is 16.7. The molecule has 0 aliphatic carbocycles. The fraction of sp³-hybridized carbons (Fsp3) is 0.768. The number of hydrogen-bond donors (Lipinski definition) is 0. The van der Waals surface area contributed by atoms with Gasteiger partial charge in [-0.15, -0.1) is 0 Å². The maximum atomic E-state index is 12.8. The fourth-order valence-corrected chi connectivity index (χ4v) is 7.24. The van der Waals surface area contributed by atoms with Gasteiger partial charge in [0.25, 0.3) is 0 Å². The molecule has 6 nitrogen and oxygen atoms in total. The van der Waals surface area contributed by atoms with Crippen LogP contribution in [0.3, 0.4) is 0 Å². The molecule has 0 N–H and O–H groups in total. The largest absolute Gasteiger partial charge is 0.462 e. The Hall–Kier alpha value is -2.89. The zero-order chi connectivity index (χ0) is 45.1. The van der Waals surface area contributed by atoms with Gasteiger partial charge in [0.1, 0.15) is 13.2 Å². The standard InChI is InChI=1S/C56H98O6/c1-4-7-10-13-16-19-22-24-26-28-30-32-34-37-40-43-46-49-55(58)61-52-53(51-60-54(57)48-45-42-39-36-21-18-15-12-9-6-3)62-56(59)50-47-44-41-38-35-33-31-29-27-25-23-20-17-14-11-8-5-2/h15-16,18-19,24,26,30,32,37,40,53H,4-14,17,20-23,25,27-29,31,33-36,38-39,41-52H2,1-3H3/b18-15-,19-16-,26-24-,32-30-,40-37-. The maximum Gasteiger partial charge on any atom is 0.306 e. The molecule has 1 unspecified atom stereocenters. The van der Waals surface area contributed by atoms with Gasteiger partial charge >= 0.3 is 17.9 Å². The lowest BCUT2D eigenvalue weighted by Crippen LogP contribution is -2.30. The van der Waals surface area contributed by atoms with Crippen LogP contribution in [0.1, 0.15) is 258 Å². The van der Waals surface area contributed by atoms with Gasteiger partial charge in [0, 0.05) is 19.3 Å². The van der Waals surface area contributed by atoms with E-state index in [1.165, 1.54) is 128 Å². The van der Waals surface area contributed by atoms with Crippen molar-refractivity contribution in [2.75, 3.05) is 13.2 Å². The topological polar surface area (TPSA) is 78.9 Å². The van der Waals surface area contributed by atoms with Crippen molar-refractivity contribution in [2.45, 2.75) is 264 Å². The molecule has 0 saturated carbocycles. The minimum atomic E-state index is -0.797. The zero-order valence-corrected chi connectivity index (χ0v) is 40.9. The lowest BCUT2D eigenvalue weighted by Gasteiger charge is -2.18. The molecule has 0 aromatic rings. The third-order valence-electron chi connectivity index (χ3n) is 11.2.